The van der Waals surface area contributed by atoms with Gasteiger partial charge in [0.25, 0.3) is 0 Å². The molecular formula is C25H26N2O5. The van der Waals surface area contributed by atoms with E-state index in [4.69, 9.17) is 13.9 Å². The molecule has 166 valence electrons. The molecular weight excluding hydrogens is 408 g/mol. The SMILES string of the molecule is COc1ccc(OC)c([C@H]2CC(c3c(C)cc4oc(=O)c5c(c4c3O)CCCC5)=NN2)c1. The summed E-state index contributed by atoms with van der Waals surface area (Å²) in [7, 11) is 3.27. The zero-order valence-electron chi connectivity index (χ0n) is 18.4. The van der Waals surface area contributed by atoms with Crippen LogP contribution in [-0.2, 0) is 12.8 Å². The van der Waals surface area contributed by atoms with E-state index >= 15 is 0 Å². The number of methoxy groups -OCH3 is 2. The van der Waals surface area contributed by atoms with Gasteiger partial charge >= 0.3 is 5.63 Å². The molecule has 0 spiro atoms. The van der Waals surface area contributed by atoms with Crippen LogP contribution in [-0.4, -0.2) is 25.0 Å². The van der Waals surface area contributed by atoms with Crippen LogP contribution in [0.5, 0.6) is 17.2 Å². The van der Waals surface area contributed by atoms with Crippen LogP contribution in [0.2, 0.25) is 0 Å². The zero-order chi connectivity index (χ0) is 22.4. The van der Waals surface area contributed by atoms with Crippen LogP contribution in [0.1, 0.15) is 53.1 Å². The van der Waals surface area contributed by atoms with Gasteiger partial charge in [0.05, 0.1) is 31.4 Å². The number of hydrazone groups is 1. The largest absolute Gasteiger partial charge is 0.506 e. The van der Waals surface area contributed by atoms with Gasteiger partial charge in [-0.05, 0) is 68.0 Å². The Kier molecular flexibility index (Phi) is 5.04. The van der Waals surface area contributed by atoms with Crippen molar-refractivity contribution in [1.29, 1.82) is 0 Å². The summed E-state index contributed by atoms with van der Waals surface area (Å²) in [6, 6.07) is 7.39. The number of ether oxygens (including phenoxy) is 2. The fourth-order valence-electron chi connectivity index (χ4n) is 4.96. The van der Waals surface area contributed by atoms with Crippen molar-refractivity contribution >= 4 is 16.7 Å². The maximum atomic E-state index is 12.5. The van der Waals surface area contributed by atoms with Gasteiger partial charge in [-0.2, -0.15) is 5.10 Å². The van der Waals surface area contributed by atoms with E-state index in [0.29, 0.717) is 34.9 Å². The standard InChI is InChI=1S/C25H26N2O5/c1-13-10-21-23(15-6-4-5-7-16(15)25(29)32-21)24(28)22(13)19-12-18(26-27-19)17-11-14(30-2)8-9-20(17)31-3/h8-11,18,26,28H,4-7,12H2,1-3H3/t18-/m1/s1. The van der Waals surface area contributed by atoms with Gasteiger partial charge in [-0.25, -0.2) is 4.79 Å². The molecule has 1 aliphatic heterocycles. The van der Waals surface area contributed by atoms with Gasteiger partial charge in [-0.1, -0.05) is 0 Å². The molecule has 0 fully saturated rings. The van der Waals surface area contributed by atoms with E-state index in [1.54, 1.807) is 14.2 Å². The van der Waals surface area contributed by atoms with Crippen molar-refractivity contribution in [2.75, 3.05) is 14.2 Å². The second-order valence-corrected chi connectivity index (χ2v) is 8.40. The fourth-order valence-corrected chi connectivity index (χ4v) is 4.96. The number of nitrogens with one attached hydrogen (secondary N) is 1. The number of aryl methyl sites for hydroxylation is 2. The van der Waals surface area contributed by atoms with E-state index in [2.05, 4.69) is 10.5 Å². The third-order valence-electron chi connectivity index (χ3n) is 6.53. The molecule has 32 heavy (non-hydrogen) atoms. The molecule has 1 atom stereocenters. The lowest BCUT2D eigenvalue weighted by Crippen LogP contribution is -2.16. The Bertz CT molecular complexity index is 1310. The Morgan fingerprint density at radius 2 is 1.91 bits per heavy atom. The average Bonchev–Trinajstić information content (AvgIpc) is 3.28. The normalized spacial score (nSPS) is 17.6. The van der Waals surface area contributed by atoms with Gasteiger partial charge in [-0.3, -0.25) is 0 Å². The molecule has 2 heterocycles. The summed E-state index contributed by atoms with van der Waals surface area (Å²) in [5.74, 6) is 1.62. The molecule has 0 amide bonds. The summed E-state index contributed by atoms with van der Waals surface area (Å²) in [5, 5.41) is 16.6. The highest BCUT2D eigenvalue weighted by atomic mass is 16.5. The predicted molar refractivity (Wildman–Crippen MR) is 122 cm³/mol. The molecule has 2 aliphatic rings. The second kappa shape index (κ2) is 7.89. The maximum absolute atomic E-state index is 12.5. The highest BCUT2D eigenvalue weighted by Crippen LogP contribution is 2.40. The van der Waals surface area contributed by atoms with Crippen molar-refractivity contribution in [1.82, 2.24) is 5.43 Å². The Hall–Kier alpha value is -3.48. The Labute approximate surface area is 185 Å². The number of hydrogen-bond acceptors (Lipinski definition) is 7. The molecule has 0 radical (unpaired) electrons. The van der Waals surface area contributed by atoms with Gasteiger partial charge in [0, 0.05) is 23.1 Å². The van der Waals surface area contributed by atoms with Crippen LogP contribution in [0.4, 0.5) is 0 Å². The van der Waals surface area contributed by atoms with Crippen LogP contribution >= 0.6 is 0 Å². The molecule has 2 N–H and O–H groups in total. The first-order chi connectivity index (χ1) is 15.5. The summed E-state index contributed by atoms with van der Waals surface area (Å²) in [6.45, 7) is 1.90. The fraction of sp³-hybridized carbons (Fsp3) is 0.360. The number of phenolic OH excluding ortho intramolecular Hbond substituents is 1. The van der Waals surface area contributed by atoms with E-state index in [0.717, 1.165) is 53.2 Å². The Morgan fingerprint density at radius 1 is 1.12 bits per heavy atom. The van der Waals surface area contributed by atoms with E-state index in [-0.39, 0.29) is 17.4 Å². The van der Waals surface area contributed by atoms with Crippen molar-refractivity contribution in [3.05, 3.63) is 62.5 Å². The van der Waals surface area contributed by atoms with Crippen LogP contribution in [0.3, 0.4) is 0 Å². The first kappa shape index (κ1) is 20.4. The van der Waals surface area contributed by atoms with Crippen LogP contribution in [0.15, 0.2) is 38.6 Å². The quantitative estimate of drug-likeness (QED) is 0.600. The summed E-state index contributed by atoms with van der Waals surface area (Å²) >= 11 is 0. The smallest absolute Gasteiger partial charge is 0.339 e. The first-order valence-corrected chi connectivity index (χ1v) is 10.9. The molecule has 2 aromatic carbocycles. The van der Waals surface area contributed by atoms with E-state index in [1.807, 2.05) is 31.2 Å². The van der Waals surface area contributed by atoms with Gasteiger partial charge < -0.3 is 24.4 Å². The lowest BCUT2D eigenvalue weighted by atomic mass is 9.87. The first-order valence-electron chi connectivity index (χ1n) is 10.9. The highest BCUT2D eigenvalue weighted by molar-refractivity contribution is 6.09. The highest BCUT2D eigenvalue weighted by Gasteiger charge is 2.29. The maximum Gasteiger partial charge on any atom is 0.339 e. The third kappa shape index (κ3) is 3.20. The van der Waals surface area contributed by atoms with Crippen LogP contribution < -0.4 is 20.5 Å². The number of hydrogen-bond donors (Lipinski definition) is 2. The molecule has 1 aromatic heterocycles. The summed E-state index contributed by atoms with van der Waals surface area (Å²) in [6.07, 6.45) is 3.98. The molecule has 0 saturated heterocycles. The van der Waals surface area contributed by atoms with Crippen molar-refractivity contribution < 1.29 is 19.0 Å². The van der Waals surface area contributed by atoms with Crippen molar-refractivity contribution in [2.24, 2.45) is 5.10 Å². The summed E-state index contributed by atoms with van der Waals surface area (Å²) < 4.78 is 16.5. The number of aromatic hydroxyl groups is 1. The minimum absolute atomic E-state index is 0.118. The number of nitrogens with zero attached hydrogens (tertiary/aromatic N) is 1. The molecule has 0 unspecified atom stereocenters. The van der Waals surface area contributed by atoms with Crippen molar-refractivity contribution in [3.63, 3.8) is 0 Å². The van der Waals surface area contributed by atoms with Crippen LogP contribution in [0.25, 0.3) is 11.0 Å². The molecule has 5 rings (SSSR count). The summed E-state index contributed by atoms with van der Waals surface area (Å²) in [4.78, 5) is 12.5. The van der Waals surface area contributed by atoms with Gasteiger partial charge in [0.15, 0.2) is 0 Å². The van der Waals surface area contributed by atoms with E-state index in [9.17, 15) is 9.90 Å². The lowest BCUT2D eigenvalue weighted by molar-refractivity contribution is 0.392. The molecule has 0 saturated carbocycles. The average molecular weight is 434 g/mol. The topological polar surface area (TPSA) is 93.3 Å². The number of fused-ring (bicyclic) bond motifs is 3. The molecule has 7 heteroatoms. The number of phenols is 1. The monoisotopic (exact) mass is 434 g/mol. The Balaban J connectivity index is 1.58. The predicted octanol–water partition coefficient (Wildman–Crippen LogP) is 4.14. The van der Waals surface area contributed by atoms with Crippen molar-refractivity contribution in [3.8, 4) is 17.2 Å². The Morgan fingerprint density at radius 3 is 2.66 bits per heavy atom. The lowest BCUT2D eigenvalue weighted by Gasteiger charge is -2.19. The van der Waals surface area contributed by atoms with Crippen molar-refractivity contribution in [2.45, 2.75) is 45.1 Å². The molecule has 0 bridgehead atoms. The summed E-state index contributed by atoms with van der Waals surface area (Å²) in [5.41, 5.74) is 8.14. The minimum atomic E-state index is -0.288. The minimum Gasteiger partial charge on any atom is -0.506 e. The van der Waals surface area contributed by atoms with E-state index < -0.39 is 0 Å². The number of rotatable bonds is 4. The molecule has 1 aliphatic carbocycles. The van der Waals surface area contributed by atoms with Gasteiger partial charge in [0.1, 0.15) is 22.8 Å². The van der Waals surface area contributed by atoms with Gasteiger partial charge in [0.2, 0.25) is 0 Å². The zero-order valence-corrected chi connectivity index (χ0v) is 18.4. The van der Waals surface area contributed by atoms with Crippen LogP contribution in [0, 0.1) is 6.92 Å². The second-order valence-electron chi connectivity index (χ2n) is 8.40. The number of benzene rings is 2. The molecule has 3 aromatic rings. The third-order valence-corrected chi connectivity index (χ3v) is 6.53. The molecule has 7 nitrogen and oxygen atoms in total. The van der Waals surface area contributed by atoms with Gasteiger partial charge in [-0.15, -0.1) is 0 Å². The van der Waals surface area contributed by atoms with E-state index in [1.165, 1.54) is 0 Å².